The van der Waals surface area contributed by atoms with Crippen molar-refractivity contribution in [1.82, 2.24) is 0 Å². The van der Waals surface area contributed by atoms with Gasteiger partial charge in [-0.1, -0.05) is 83.6 Å². The van der Waals surface area contributed by atoms with Crippen LogP contribution in [0.3, 0.4) is 0 Å². The highest BCUT2D eigenvalue weighted by Gasteiger charge is 2.24. The lowest BCUT2D eigenvalue weighted by atomic mass is 9.74. The van der Waals surface area contributed by atoms with Gasteiger partial charge in [0.25, 0.3) is 0 Å². The van der Waals surface area contributed by atoms with Gasteiger partial charge in [0.05, 0.1) is 0 Å². The van der Waals surface area contributed by atoms with Crippen LogP contribution >= 0.6 is 0 Å². The third kappa shape index (κ3) is 5.45. The van der Waals surface area contributed by atoms with E-state index in [1.165, 1.54) is 70.6 Å². The lowest BCUT2D eigenvalue weighted by molar-refractivity contribution is 0.219. The summed E-state index contributed by atoms with van der Waals surface area (Å²) in [5.74, 6) is 0.710. The Morgan fingerprint density at radius 2 is 1.73 bits per heavy atom. The molecule has 1 atom stereocenters. The summed E-state index contributed by atoms with van der Waals surface area (Å²) < 4.78 is 0. The van der Waals surface area contributed by atoms with Crippen LogP contribution in [0.25, 0.3) is 0 Å². The third-order valence-electron chi connectivity index (χ3n) is 5.82. The first-order chi connectivity index (χ1) is 10.6. The molecule has 124 valence electrons. The first-order valence-corrected chi connectivity index (χ1v) is 9.72. The second-order valence-corrected chi connectivity index (χ2v) is 8.01. The fourth-order valence-corrected chi connectivity index (χ4v) is 4.11. The molecule has 0 aromatic heterocycles. The summed E-state index contributed by atoms with van der Waals surface area (Å²) >= 11 is 0. The lowest BCUT2D eigenvalue weighted by Gasteiger charge is -2.31. The van der Waals surface area contributed by atoms with E-state index in [4.69, 9.17) is 0 Å². The van der Waals surface area contributed by atoms with Crippen molar-refractivity contribution in [3.8, 4) is 0 Å². The fourth-order valence-electron chi connectivity index (χ4n) is 4.11. The van der Waals surface area contributed by atoms with Crippen molar-refractivity contribution >= 4 is 0 Å². The second kappa shape index (κ2) is 8.75. The van der Waals surface area contributed by atoms with Gasteiger partial charge in [-0.15, -0.1) is 0 Å². The van der Waals surface area contributed by atoms with Crippen molar-refractivity contribution in [2.75, 3.05) is 0 Å². The Labute approximate surface area is 138 Å². The van der Waals surface area contributed by atoms with E-state index in [-0.39, 0.29) is 0 Å². The van der Waals surface area contributed by atoms with Gasteiger partial charge in [-0.25, -0.2) is 0 Å². The first kappa shape index (κ1) is 17.6. The summed E-state index contributed by atoms with van der Waals surface area (Å²) in [6.07, 6.45) is 15.4. The Kier molecular flexibility index (Phi) is 6.99. The molecule has 1 saturated carbocycles. The molecule has 1 aliphatic rings. The van der Waals surface area contributed by atoms with Crippen molar-refractivity contribution in [2.45, 2.75) is 97.3 Å². The van der Waals surface area contributed by atoms with Crippen molar-refractivity contribution in [3.05, 3.63) is 35.4 Å². The molecule has 0 nitrogen and oxygen atoms in total. The predicted octanol–water partition coefficient (Wildman–Crippen LogP) is 7.27. The smallest absolute Gasteiger partial charge is 0.0190 e. The van der Waals surface area contributed by atoms with Gasteiger partial charge >= 0.3 is 0 Å². The molecule has 0 N–H and O–H groups in total. The number of hydrogen-bond donors (Lipinski definition) is 0. The second-order valence-electron chi connectivity index (χ2n) is 8.01. The molecule has 0 spiro atoms. The van der Waals surface area contributed by atoms with E-state index in [1.807, 2.05) is 0 Å². The Balaban J connectivity index is 1.93. The molecule has 1 aliphatic carbocycles. The highest BCUT2D eigenvalue weighted by Crippen LogP contribution is 2.37. The molecule has 22 heavy (non-hydrogen) atoms. The number of rotatable bonds is 6. The van der Waals surface area contributed by atoms with Crippen LogP contribution in [0.15, 0.2) is 24.3 Å². The molecule has 1 fully saturated rings. The van der Waals surface area contributed by atoms with Crippen molar-refractivity contribution in [3.63, 3.8) is 0 Å². The summed E-state index contributed by atoms with van der Waals surface area (Å²) in [5.41, 5.74) is 3.69. The van der Waals surface area contributed by atoms with Gasteiger partial charge in [-0.2, -0.15) is 0 Å². The van der Waals surface area contributed by atoms with Crippen LogP contribution in [-0.2, 0) is 6.42 Å². The molecule has 0 amide bonds. The molecule has 1 unspecified atom stereocenters. The van der Waals surface area contributed by atoms with Gasteiger partial charge < -0.3 is 0 Å². The average Bonchev–Trinajstić information content (AvgIpc) is 2.50. The molecule has 0 radical (unpaired) electrons. The Morgan fingerprint density at radius 1 is 1.05 bits per heavy atom. The number of aryl methyl sites for hydroxylation is 1. The van der Waals surface area contributed by atoms with Crippen LogP contribution < -0.4 is 0 Å². The van der Waals surface area contributed by atoms with E-state index in [1.54, 1.807) is 11.1 Å². The van der Waals surface area contributed by atoms with Crippen LogP contribution in [0, 0.1) is 5.41 Å². The summed E-state index contributed by atoms with van der Waals surface area (Å²) in [5, 5.41) is 0. The quantitative estimate of drug-likeness (QED) is 0.518. The van der Waals surface area contributed by atoms with Crippen LogP contribution in [0.2, 0.25) is 0 Å². The lowest BCUT2D eigenvalue weighted by Crippen LogP contribution is -2.19. The van der Waals surface area contributed by atoms with Gasteiger partial charge in [0, 0.05) is 0 Å². The monoisotopic (exact) mass is 300 g/mol. The molecular formula is C22H36. The summed E-state index contributed by atoms with van der Waals surface area (Å²) in [7, 11) is 0. The maximum absolute atomic E-state index is 2.54. The minimum Gasteiger partial charge on any atom is -0.0654 e. The van der Waals surface area contributed by atoms with Gasteiger partial charge in [-0.3, -0.25) is 0 Å². The van der Waals surface area contributed by atoms with Gasteiger partial charge in [0.1, 0.15) is 0 Å². The summed E-state index contributed by atoms with van der Waals surface area (Å²) in [4.78, 5) is 0. The summed E-state index contributed by atoms with van der Waals surface area (Å²) in [6, 6.07) is 9.42. The highest BCUT2D eigenvalue weighted by atomic mass is 14.3. The van der Waals surface area contributed by atoms with Gasteiger partial charge in [0.2, 0.25) is 0 Å². The minimum atomic E-state index is 0.589. The molecule has 0 bridgehead atoms. The number of benzene rings is 1. The standard InChI is InChI=1S/C22H36/c1-4-11-19(2)21-13-10-12-20(18-21)14-17-22(3)15-8-6-5-7-9-16-22/h10,12-13,18-19H,4-9,11,14-17H2,1-3H3. The summed E-state index contributed by atoms with van der Waals surface area (Å²) in [6.45, 7) is 7.20. The van der Waals surface area contributed by atoms with E-state index >= 15 is 0 Å². The molecule has 0 heteroatoms. The molecule has 0 heterocycles. The Hall–Kier alpha value is -0.780. The van der Waals surface area contributed by atoms with Crippen LogP contribution in [0.4, 0.5) is 0 Å². The highest BCUT2D eigenvalue weighted by molar-refractivity contribution is 5.26. The molecular weight excluding hydrogens is 264 g/mol. The molecule has 1 aromatic rings. The molecule has 2 rings (SSSR count). The van der Waals surface area contributed by atoms with E-state index in [2.05, 4.69) is 45.0 Å². The zero-order valence-electron chi connectivity index (χ0n) is 15.2. The fraction of sp³-hybridized carbons (Fsp3) is 0.727. The van der Waals surface area contributed by atoms with Crippen LogP contribution in [0.5, 0.6) is 0 Å². The largest absolute Gasteiger partial charge is 0.0654 e. The molecule has 1 aromatic carbocycles. The maximum atomic E-state index is 2.54. The van der Waals surface area contributed by atoms with E-state index in [9.17, 15) is 0 Å². The van der Waals surface area contributed by atoms with Crippen LogP contribution in [-0.4, -0.2) is 0 Å². The average molecular weight is 301 g/mol. The van der Waals surface area contributed by atoms with Gasteiger partial charge in [-0.05, 0) is 54.6 Å². The van der Waals surface area contributed by atoms with E-state index in [0.29, 0.717) is 11.3 Å². The van der Waals surface area contributed by atoms with Crippen molar-refractivity contribution in [1.29, 1.82) is 0 Å². The number of hydrogen-bond acceptors (Lipinski definition) is 0. The Morgan fingerprint density at radius 3 is 2.41 bits per heavy atom. The normalized spacial score (nSPS) is 20.1. The van der Waals surface area contributed by atoms with Crippen molar-refractivity contribution < 1.29 is 0 Å². The SMILES string of the molecule is CCCC(C)c1cccc(CCC2(C)CCCCCCC2)c1. The third-order valence-corrected chi connectivity index (χ3v) is 5.82. The van der Waals surface area contributed by atoms with Crippen LogP contribution in [0.1, 0.15) is 102 Å². The maximum Gasteiger partial charge on any atom is -0.0190 e. The van der Waals surface area contributed by atoms with E-state index < -0.39 is 0 Å². The van der Waals surface area contributed by atoms with E-state index in [0.717, 1.165) is 0 Å². The topological polar surface area (TPSA) is 0 Å². The van der Waals surface area contributed by atoms with Gasteiger partial charge in [0.15, 0.2) is 0 Å². The zero-order valence-corrected chi connectivity index (χ0v) is 15.2. The van der Waals surface area contributed by atoms with Crippen molar-refractivity contribution in [2.24, 2.45) is 5.41 Å². The molecule has 0 aliphatic heterocycles. The zero-order chi connectivity index (χ0) is 15.8. The first-order valence-electron chi connectivity index (χ1n) is 9.72. The molecule has 0 saturated heterocycles. The predicted molar refractivity (Wildman–Crippen MR) is 98.5 cm³/mol. The minimum absolute atomic E-state index is 0.589. The Bertz CT molecular complexity index is 423.